The summed E-state index contributed by atoms with van der Waals surface area (Å²) in [6.45, 7) is 0. The van der Waals surface area contributed by atoms with Gasteiger partial charge in [-0.15, -0.1) is 0 Å². The molecule has 0 bridgehead atoms. The maximum absolute atomic E-state index is 12.4. The minimum absolute atomic E-state index is 0.0904. The van der Waals surface area contributed by atoms with E-state index in [2.05, 4.69) is 10.1 Å². The lowest BCUT2D eigenvalue weighted by molar-refractivity contribution is -0.141. The average Bonchev–Trinajstić information content (AvgIpc) is 2.55. The zero-order chi connectivity index (χ0) is 11.1. The van der Waals surface area contributed by atoms with Crippen LogP contribution in [0.2, 0.25) is 0 Å². The SMILES string of the molecule is N#Cc1c(C(F)(F)F)nn2cccnc12. The Labute approximate surface area is 81.6 Å². The van der Waals surface area contributed by atoms with Gasteiger partial charge in [0.1, 0.15) is 11.6 Å². The van der Waals surface area contributed by atoms with Crippen LogP contribution >= 0.6 is 0 Å². The minimum Gasteiger partial charge on any atom is -0.236 e. The first-order chi connectivity index (χ1) is 7.04. The maximum atomic E-state index is 12.4. The van der Waals surface area contributed by atoms with E-state index in [9.17, 15) is 13.2 Å². The van der Waals surface area contributed by atoms with E-state index in [0.717, 1.165) is 4.52 Å². The van der Waals surface area contributed by atoms with Gasteiger partial charge in [0.25, 0.3) is 0 Å². The molecular formula is C8H3F3N4. The van der Waals surface area contributed by atoms with Gasteiger partial charge in [-0.2, -0.15) is 23.5 Å². The van der Waals surface area contributed by atoms with E-state index in [1.165, 1.54) is 24.5 Å². The average molecular weight is 212 g/mol. The van der Waals surface area contributed by atoms with Crippen molar-refractivity contribution in [2.24, 2.45) is 0 Å². The highest BCUT2D eigenvalue weighted by Crippen LogP contribution is 2.31. The fraction of sp³-hybridized carbons (Fsp3) is 0.125. The molecule has 2 heterocycles. The molecule has 0 aromatic carbocycles. The highest BCUT2D eigenvalue weighted by atomic mass is 19.4. The summed E-state index contributed by atoms with van der Waals surface area (Å²) in [4.78, 5) is 3.66. The van der Waals surface area contributed by atoms with Gasteiger partial charge in [-0.1, -0.05) is 0 Å². The predicted molar refractivity (Wildman–Crippen MR) is 42.7 cm³/mol. The second-order valence-corrected chi connectivity index (χ2v) is 2.72. The number of halogens is 3. The monoisotopic (exact) mass is 212 g/mol. The molecule has 2 aromatic rings. The Morgan fingerprint density at radius 2 is 2.13 bits per heavy atom. The molecule has 0 aliphatic heterocycles. The van der Waals surface area contributed by atoms with Crippen LogP contribution in [-0.2, 0) is 6.18 Å². The molecule has 0 radical (unpaired) electrons. The minimum atomic E-state index is -4.64. The Kier molecular flexibility index (Phi) is 1.86. The molecular weight excluding hydrogens is 209 g/mol. The first kappa shape index (κ1) is 9.45. The molecule has 0 N–H and O–H groups in total. The number of rotatable bonds is 0. The number of aromatic nitrogens is 3. The van der Waals surface area contributed by atoms with E-state index in [1.807, 2.05) is 0 Å². The largest absolute Gasteiger partial charge is 0.436 e. The van der Waals surface area contributed by atoms with Gasteiger partial charge in [-0.05, 0) is 6.07 Å². The lowest BCUT2D eigenvalue weighted by Gasteiger charge is -2.00. The summed E-state index contributed by atoms with van der Waals surface area (Å²) in [7, 11) is 0. The number of hydrogen-bond acceptors (Lipinski definition) is 3. The summed E-state index contributed by atoms with van der Waals surface area (Å²) in [6, 6.07) is 2.89. The van der Waals surface area contributed by atoms with E-state index >= 15 is 0 Å². The quantitative estimate of drug-likeness (QED) is 0.666. The van der Waals surface area contributed by atoms with Crippen LogP contribution in [0, 0.1) is 11.3 Å². The van der Waals surface area contributed by atoms with Crippen molar-refractivity contribution in [2.45, 2.75) is 6.18 Å². The van der Waals surface area contributed by atoms with E-state index in [-0.39, 0.29) is 5.65 Å². The molecule has 7 heteroatoms. The van der Waals surface area contributed by atoms with Crippen LogP contribution in [0.5, 0.6) is 0 Å². The first-order valence-electron chi connectivity index (χ1n) is 3.84. The van der Waals surface area contributed by atoms with E-state index < -0.39 is 17.4 Å². The molecule has 4 nitrogen and oxygen atoms in total. The molecule has 76 valence electrons. The van der Waals surface area contributed by atoms with Crippen LogP contribution in [0.25, 0.3) is 5.65 Å². The van der Waals surface area contributed by atoms with Crippen molar-refractivity contribution in [3.05, 3.63) is 29.7 Å². The zero-order valence-corrected chi connectivity index (χ0v) is 7.15. The van der Waals surface area contributed by atoms with E-state index in [0.29, 0.717) is 0 Å². The van der Waals surface area contributed by atoms with Crippen LogP contribution < -0.4 is 0 Å². The number of alkyl halides is 3. The maximum Gasteiger partial charge on any atom is 0.436 e. The van der Waals surface area contributed by atoms with Crippen molar-refractivity contribution in [3.63, 3.8) is 0 Å². The van der Waals surface area contributed by atoms with Gasteiger partial charge in [-0.25, -0.2) is 9.50 Å². The van der Waals surface area contributed by atoms with Crippen molar-refractivity contribution >= 4 is 5.65 Å². The van der Waals surface area contributed by atoms with Gasteiger partial charge in [0.2, 0.25) is 0 Å². The second kappa shape index (κ2) is 2.95. The van der Waals surface area contributed by atoms with Gasteiger partial charge >= 0.3 is 6.18 Å². The van der Waals surface area contributed by atoms with Gasteiger partial charge in [-0.3, -0.25) is 0 Å². The number of hydrogen-bond donors (Lipinski definition) is 0. The van der Waals surface area contributed by atoms with E-state index in [4.69, 9.17) is 5.26 Å². The van der Waals surface area contributed by atoms with Gasteiger partial charge < -0.3 is 0 Å². The van der Waals surface area contributed by atoms with Gasteiger partial charge in [0.05, 0.1) is 0 Å². The van der Waals surface area contributed by atoms with Gasteiger partial charge in [0.15, 0.2) is 11.3 Å². The second-order valence-electron chi connectivity index (χ2n) is 2.72. The predicted octanol–water partition coefficient (Wildman–Crippen LogP) is 1.62. The molecule has 0 saturated carbocycles. The summed E-state index contributed by atoms with van der Waals surface area (Å²) in [5, 5.41) is 11.9. The molecule has 2 rings (SSSR count). The fourth-order valence-corrected chi connectivity index (χ4v) is 1.19. The third-order valence-electron chi connectivity index (χ3n) is 1.78. The molecule has 0 unspecified atom stereocenters. The molecule has 2 aromatic heterocycles. The highest BCUT2D eigenvalue weighted by molar-refractivity contribution is 5.57. The van der Waals surface area contributed by atoms with Crippen molar-refractivity contribution in [2.75, 3.05) is 0 Å². The highest BCUT2D eigenvalue weighted by Gasteiger charge is 2.38. The molecule has 0 fully saturated rings. The lowest BCUT2D eigenvalue weighted by atomic mass is 10.2. The Morgan fingerprint density at radius 3 is 2.73 bits per heavy atom. The molecule has 0 aliphatic carbocycles. The van der Waals surface area contributed by atoms with E-state index in [1.54, 1.807) is 0 Å². The van der Waals surface area contributed by atoms with Crippen LogP contribution in [0.15, 0.2) is 18.5 Å². The van der Waals surface area contributed by atoms with Crippen molar-refractivity contribution < 1.29 is 13.2 Å². The van der Waals surface area contributed by atoms with Crippen LogP contribution in [0.3, 0.4) is 0 Å². The molecule has 0 spiro atoms. The summed E-state index contributed by atoms with van der Waals surface area (Å²) >= 11 is 0. The molecule has 0 aliphatic rings. The first-order valence-corrected chi connectivity index (χ1v) is 3.84. The van der Waals surface area contributed by atoms with Crippen LogP contribution in [0.1, 0.15) is 11.3 Å². The third kappa shape index (κ3) is 1.40. The Bertz CT molecular complexity index is 549. The summed E-state index contributed by atoms with van der Waals surface area (Å²) < 4.78 is 38.2. The normalized spacial score (nSPS) is 11.6. The van der Waals surface area contributed by atoms with Crippen LogP contribution in [-0.4, -0.2) is 14.6 Å². The summed E-state index contributed by atoms with van der Waals surface area (Å²) in [5.74, 6) is 0. The molecule has 0 amide bonds. The topological polar surface area (TPSA) is 54.0 Å². The number of fused-ring (bicyclic) bond motifs is 1. The standard InChI is InChI=1S/C8H3F3N4/c9-8(10,11)6-5(4-12)7-13-2-1-3-15(7)14-6/h1-3H. The molecule has 0 saturated heterocycles. The fourth-order valence-electron chi connectivity index (χ4n) is 1.19. The summed E-state index contributed by atoms with van der Waals surface area (Å²) in [6.07, 6.45) is -2.03. The number of nitriles is 1. The van der Waals surface area contributed by atoms with Crippen LogP contribution in [0.4, 0.5) is 13.2 Å². The smallest absolute Gasteiger partial charge is 0.236 e. The number of nitrogens with zero attached hydrogens (tertiary/aromatic N) is 4. The van der Waals surface area contributed by atoms with Crippen molar-refractivity contribution in [1.29, 1.82) is 5.26 Å². The molecule has 15 heavy (non-hydrogen) atoms. The molecule has 0 atom stereocenters. The van der Waals surface area contributed by atoms with Gasteiger partial charge in [0, 0.05) is 12.4 Å². The zero-order valence-electron chi connectivity index (χ0n) is 7.15. The Morgan fingerprint density at radius 1 is 1.40 bits per heavy atom. The Hall–Kier alpha value is -2.10. The third-order valence-corrected chi connectivity index (χ3v) is 1.78. The van der Waals surface area contributed by atoms with Crippen molar-refractivity contribution in [1.82, 2.24) is 14.6 Å². The lowest BCUT2D eigenvalue weighted by Crippen LogP contribution is -2.07. The summed E-state index contributed by atoms with van der Waals surface area (Å²) in [5.41, 5.74) is -1.85. The Balaban J connectivity index is 2.83. The van der Waals surface area contributed by atoms with Crippen molar-refractivity contribution in [3.8, 4) is 6.07 Å².